The first kappa shape index (κ1) is 16.3. The number of anilines is 2. The summed E-state index contributed by atoms with van der Waals surface area (Å²) in [4.78, 5) is 14.0. The standard InChI is InChI=1S/C16H26N2O2/c1-7-20-15(19)13-10-12(8-9-14(13)17)18(6)11(2)16(3,4)5/h8-11H,7,17H2,1-6H3. The molecule has 20 heavy (non-hydrogen) atoms. The van der Waals surface area contributed by atoms with Gasteiger partial charge in [0.25, 0.3) is 0 Å². The molecule has 0 saturated heterocycles. The first-order valence-electron chi connectivity index (χ1n) is 6.98. The maximum Gasteiger partial charge on any atom is 0.340 e. The summed E-state index contributed by atoms with van der Waals surface area (Å²) in [5.41, 5.74) is 7.84. The summed E-state index contributed by atoms with van der Waals surface area (Å²) in [5.74, 6) is -0.372. The molecule has 0 aliphatic carbocycles. The van der Waals surface area contributed by atoms with E-state index in [-0.39, 0.29) is 11.4 Å². The van der Waals surface area contributed by atoms with E-state index in [0.29, 0.717) is 23.9 Å². The van der Waals surface area contributed by atoms with Crippen molar-refractivity contribution in [1.29, 1.82) is 0 Å². The minimum Gasteiger partial charge on any atom is -0.462 e. The number of benzene rings is 1. The van der Waals surface area contributed by atoms with Crippen LogP contribution in [0.2, 0.25) is 0 Å². The number of esters is 1. The molecule has 1 unspecified atom stereocenters. The number of nitrogens with zero attached hydrogens (tertiary/aromatic N) is 1. The van der Waals surface area contributed by atoms with Crippen molar-refractivity contribution in [3.05, 3.63) is 23.8 Å². The highest BCUT2D eigenvalue weighted by molar-refractivity contribution is 5.96. The summed E-state index contributed by atoms with van der Waals surface area (Å²) in [7, 11) is 2.02. The van der Waals surface area contributed by atoms with E-state index in [4.69, 9.17) is 10.5 Å². The molecule has 0 aliphatic rings. The van der Waals surface area contributed by atoms with Crippen molar-refractivity contribution in [2.75, 3.05) is 24.3 Å². The highest BCUT2D eigenvalue weighted by atomic mass is 16.5. The molecule has 0 radical (unpaired) electrons. The average molecular weight is 278 g/mol. The van der Waals surface area contributed by atoms with Gasteiger partial charge in [-0.15, -0.1) is 0 Å². The number of carbonyl (C=O) groups is 1. The topological polar surface area (TPSA) is 55.6 Å². The second-order valence-electron chi connectivity index (χ2n) is 6.14. The molecule has 112 valence electrons. The molecule has 0 aliphatic heterocycles. The zero-order valence-electron chi connectivity index (χ0n) is 13.4. The van der Waals surface area contributed by atoms with Gasteiger partial charge in [-0.2, -0.15) is 0 Å². The first-order chi connectivity index (χ1) is 9.18. The van der Waals surface area contributed by atoms with E-state index in [2.05, 4.69) is 32.6 Å². The van der Waals surface area contributed by atoms with Crippen molar-refractivity contribution in [3.8, 4) is 0 Å². The molecule has 4 nitrogen and oxygen atoms in total. The van der Waals surface area contributed by atoms with Crippen LogP contribution in [0.5, 0.6) is 0 Å². The van der Waals surface area contributed by atoms with E-state index >= 15 is 0 Å². The largest absolute Gasteiger partial charge is 0.462 e. The van der Waals surface area contributed by atoms with Crippen molar-refractivity contribution in [2.24, 2.45) is 5.41 Å². The molecule has 1 rings (SSSR count). The van der Waals surface area contributed by atoms with Crippen LogP contribution in [0.4, 0.5) is 11.4 Å². The lowest BCUT2D eigenvalue weighted by Crippen LogP contribution is -2.39. The van der Waals surface area contributed by atoms with Crippen LogP contribution in [-0.2, 0) is 4.74 Å². The normalized spacial score (nSPS) is 12.9. The number of hydrogen-bond donors (Lipinski definition) is 1. The Labute approximate surface area is 121 Å². The second-order valence-corrected chi connectivity index (χ2v) is 6.14. The molecule has 0 heterocycles. The van der Waals surface area contributed by atoms with Crippen LogP contribution in [0, 0.1) is 5.41 Å². The average Bonchev–Trinajstić information content (AvgIpc) is 2.36. The van der Waals surface area contributed by atoms with E-state index in [9.17, 15) is 4.79 Å². The van der Waals surface area contributed by atoms with Gasteiger partial charge in [-0.1, -0.05) is 20.8 Å². The summed E-state index contributed by atoms with van der Waals surface area (Å²) in [6.07, 6.45) is 0. The molecule has 2 N–H and O–H groups in total. The number of hydrogen-bond acceptors (Lipinski definition) is 4. The fraction of sp³-hybridized carbons (Fsp3) is 0.562. The molecule has 0 fully saturated rings. The van der Waals surface area contributed by atoms with Gasteiger partial charge < -0.3 is 15.4 Å². The fourth-order valence-corrected chi connectivity index (χ4v) is 1.95. The maximum atomic E-state index is 11.9. The second kappa shape index (κ2) is 6.16. The number of nitrogen functional groups attached to an aromatic ring is 1. The third-order valence-corrected chi connectivity index (χ3v) is 3.77. The van der Waals surface area contributed by atoms with Crippen molar-refractivity contribution in [3.63, 3.8) is 0 Å². The SMILES string of the molecule is CCOC(=O)c1cc(N(C)C(C)C(C)(C)C)ccc1N. The number of nitrogens with two attached hydrogens (primary N) is 1. The number of ether oxygens (including phenoxy) is 1. The summed E-state index contributed by atoms with van der Waals surface area (Å²) in [6, 6.07) is 5.81. The monoisotopic (exact) mass is 278 g/mol. The van der Waals surface area contributed by atoms with Gasteiger partial charge in [-0.05, 0) is 37.5 Å². The minimum atomic E-state index is -0.372. The highest BCUT2D eigenvalue weighted by Crippen LogP contribution is 2.29. The van der Waals surface area contributed by atoms with Gasteiger partial charge in [0.15, 0.2) is 0 Å². The summed E-state index contributed by atoms with van der Waals surface area (Å²) in [5, 5.41) is 0. The summed E-state index contributed by atoms with van der Waals surface area (Å²) >= 11 is 0. The van der Waals surface area contributed by atoms with E-state index in [1.807, 2.05) is 13.1 Å². The Kier molecular flexibility index (Phi) is 5.03. The zero-order chi connectivity index (χ0) is 15.5. The Balaban J connectivity index is 3.09. The van der Waals surface area contributed by atoms with E-state index in [0.717, 1.165) is 5.69 Å². The first-order valence-corrected chi connectivity index (χ1v) is 6.98. The predicted molar refractivity (Wildman–Crippen MR) is 84.1 cm³/mol. The predicted octanol–water partition coefficient (Wildman–Crippen LogP) is 3.32. The number of rotatable bonds is 4. The van der Waals surface area contributed by atoms with Crippen molar-refractivity contribution < 1.29 is 9.53 Å². The highest BCUT2D eigenvalue weighted by Gasteiger charge is 2.25. The van der Waals surface area contributed by atoms with Crippen LogP contribution in [-0.4, -0.2) is 25.7 Å². The summed E-state index contributed by atoms with van der Waals surface area (Å²) in [6.45, 7) is 10.9. The molecule has 0 spiro atoms. The third-order valence-electron chi connectivity index (χ3n) is 3.77. The lowest BCUT2D eigenvalue weighted by Gasteiger charge is -2.37. The van der Waals surface area contributed by atoms with E-state index in [1.165, 1.54) is 0 Å². The smallest absolute Gasteiger partial charge is 0.340 e. The van der Waals surface area contributed by atoms with Gasteiger partial charge in [0.2, 0.25) is 0 Å². The van der Waals surface area contributed by atoms with Gasteiger partial charge in [-0.25, -0.2) is 4.79 Å². The Morgan fingerprint density at radius 2 is 2.00 bits per heavy atom. The molecular weight excluding hydrogens is 252 g/mol. The number of carbonyl (C=O) groups excluding carboxylic acids is 1. The third kappa shape index (κ3) is 3.65. The Bertz CT molecular complexity index is 478. The van der Waals surface area contributed by atoms with E-state index in [1.54, 1.807) is 19.1 Å². The minimum absolute atomic E-state index is 0.139. The van der Waals surface area contributed by atoms with Crippen molar-refractivity contribution in [2.45, 2.75) is 40.7 Å². The molecule has 1 atom stereocenters. The summed E-state index contributed by atoms with van der Waals surface area (Å²) < 4.78 is 5.03. The van der Waals surface area contributed by atoms with Crippen LogP contribution in [0.1, 0.15) is 45.0 Å². The van der Waals surface area contributed by atoms with E-state index < -0.39 is 0 Å². The van der Waals surface area contributed by atoms with Crippen LogP contribution in [0.25, 0.3) is 0 Å². The molecule has 1 aromatic carbocycles. The Hall–Kier alpha value is -1.71. The molecular formula is C16H26N2O2. The quantitative estimate of drug-likeness (QED) is 0.678. The molecule has 1 aromatic rings. The van der Waals surface area contributed by atoms with Crippen molar-refractivity contribution in [1.82, 2.24) is 0 Å². The lowest BCUT2D eigenvalue weighted by atomic mass is 9.87. The molecule has 0 amide bonds. The molecule has 0 aromatic heterocycles. The van der Waals surface area contributed by atoms with Crippen LogP contribution < -0.4 is 10.6 Å². The zero-order valence-corrected chi connectivity index (χ0v) is 13.4. The van der Waals surface area contributed by atoms with Gasteiger partial charge in [0.05, 0.1) is 12.2 Å². The van der Waals surface area contributed by atoms with Crippen molar-refractivity contribution >= 4 is 17.3 Å². The van der Waals surface area contributed by atoms with Gasteiger partial charge in [-0.3, -0.25) is 0 Å². The molecule has 0 bridgehead atoms. The van der Waals surface area contributed by atoms with Gasteiger partial charge in [0, 0.05) is 24.5 Å². The van der Waals surface area contributed by atoms with Crippen LogP contribution in [0.15, 0.2) is 18.2 Å². The fourth-order valence-electron chi connectivity index (χ4n) is 1.95. The van der Waals surface area contributed by atoms with Gasteiger partial charge >= 0.3 is 5.97 Å². The van der Waals surface area contributed by atoms with Gasteiger partial charge in [0.1, 0.15) is 0 Å². The Morgan fingerprint density at radius 3 is 2.50 bits per heavy atom. The maximum absolute atomic E-state index is 11.9. The van der Waals surface area contributed by atoms with Crippen LogP contribution >= 0.6 is 0 Å². The Morgan fingerprint density at radius 1 is 1.40 bits per heavy atom. The molecule has 4 heteroatoms. The molecule has 0 saturated carbocycles. The lowest BCUT2D eigenvalue weighted by molar-refractivity contribution is 0.0527. The van der Waals surface area contributed by atoms with Crippen LogP contribution in [0.3, 0.4) is 0 Å².